The molecule has 7 heteroatoms. The molecule has 1 aliphatic heterocycles. The molecule has 0 saturated heterocycles. The second-order valence-electron chi connectivity index (χ2n) is 9.62. The van der Waals surface area contributed by atoms with Gasteiger partial charge in [-0.3, -0.25) is 9.59 Å². The maximum absolute atomic E-state index is 13.9. The third-order valence-electron chi connectivity index (χ3n) is 6.54. The number of benzene rings is 2. The van der Waals surface area contributed by atoms with Crippen molar-refractivity contribution >= 4 is 11.7 Å². The SMILES string of the molecule is CC(C)(CC(O)(Cc1cc(F)ccc1O)C(=O)NC1C=CC2=COCC2C1=O)c1ccccc1. The zero-order chi connectivity index (χ0) is 24.5. The number of phenols is 1. The van der Waals surface area contributed by atoms with Crippen LogP contribution in [-0.4, -0.2) is 40.2 Å². The summed E-state index contributed by atoms with van der Waals surface area (Å²) in [5.41, 5.74) is -0.947. The Hall–Kier alpha value is -3.45. The van der Waals surface area contributed by atoms with Gasteiger partial charge in [-0.1, -0.05) is 56.3 Å². The van der Waals surface area contributed by atoms with Crippen LogP contribution in [0.15, 0.2) is 72.5 Å². The number of amides is 1. The van der Waals surface area contributed by atoms with E-state index in [4.69, 9.17) is 4.74 Å². The van der Waals surface area contributed by atoms with E-state index in [1.807, 2.05) is 44.2 Å². The Morgan fingerprint density at radius 1 is 1.21 bits per heavy atom. The molecule has 2 aromatic rings. The second kappa shape index (κ2) is 9.06. The van der Waals surface area contributed by atoms with Crippen LogP contribution in [0.5, 0.6) is 5.75 Å². The van der Waals surface area contributed by atoms with Crippen molar-refractivity contribution < 1.29 is 28.9 Å². The Bertz CT molecular complexity index is 1160. The average Bonchev–Trinajstić information content (AvgIpc) is 3.28. The van der Waals surface area contributed by atoms with Crippen LogP contribution in [-0.2, 0) is 26.2 Å². The lowest BCUT2D eigenvalue weighted by atomic mass is 9.73. The molecule has 6 nitrogen and oxygen atoms in total. The maximum atomic E-state index is 13.9. The lowest BCUT2D eigenvalue weighted by Crippen LogP contribution is -2.56. The molecule has 3 unspecified atom stereocenters. The standard InChI is InChI=1S/C27H28FNO5/c1-26(2,19-6-4-3-5-7-19)16-27(33,13-18-12-20(28)9-11-23(18)30)25(32)29-22-10-8-17-14-34-15-21(17)24(22)31/h3-12,14,21-22,30,33H,13,15-16H2,1-2H3,(H,29,32). The minimum atomic E-state index is -2.04. The van der Waals surface area contributed by atoms with E-state index in [1.165, 1.54) is 12.3 Å². The van der Waals surface area contributed by atoms with Gasteiger partial charge in [-0.05, 0) is 35.6 Å². The first-order valence-corrected chi connectivity index (χ1v) is 11.2. The first-order valence-electron chi connectivity index (χ1n) is 11.2. The molecule has 0 bridgehead atoms. The summed E-state index contributed by atoms with van der Waals surface area (Å²) < 4.78 is 19.2. The number of ether oxygens (including phenoxy) is 1. The zero-order valence-corrected chi connectivity index (χ0v) is 19.1. The van der Waals surface area contributed by atoms with Crippen LogP contribution in [0.3, 0.4) is 0 Å². The monoisotopic (exact) mass is 465 g/mol. The van der Waals surface area contributed by atoms with Crippen molar-refractivity contribution in [3.63, 3.8) is 0 Å². The largest absolute Gasteiger partial charge is 0.508 e. The van der Waals surface area contributed by atoms with Gasteiger partial charge in [-0.15, -0.1) is 0 Å². The highest BCUT2D eigenvalue weighted by Crippen LogP contribution is 2.36. The molecule has 0 aromatic heterocycles. The van der Waals surface area contributed by atoms with Crippen LogP contribution < -0.4 is 5.32 Å². The molecule has 0 saturated carbocycles. The lowest BCUT2D eigenvalue weighted by molar-refractivity contribution is -0.144. The quantitative estimate of drug-likeness (QED) is 0.583. The number of halogens is 1. The summed E-state index contributed by atoms with van der Waals surface area (Å²) in [5.74, 6) is -2.27. The van der Waals surface area contributed by atoms with Crippen LogP contribution in [0, 0.1) is 11.7 Å². The average molecular weight is 466 g/mol. The van der Waals surface area contributed by atoms with Crippen molar-refractivity contribution in [2.75, 3.05) is 6.61 Å². The second-order valence-corrected chi connectivity index (χ2v) is 9.62. The van der Waals surface area contributed by atoms with Crippen molar-refractivity contribution in [1.29, 1.82) is 0 Å². The molecule has 3 N–H and O–H groups in total. The molecule has 1 aliphatic carbocycles. The molecule has 0 fully saturated rings. The molecule has 0 radical (unpaired) electrons. The third kappa shape index (κ3) is 4.75. The Kier molecular flexibility index (Phi) is 6.32. The molecule has 178 valence electrons. The number of ketones is 1. The number of fused-ring (bicyclic) bond motifs is 1. The summed E-state index contributed by atoms with van der Waals surface area (Å²) in [4.78, 5) is 26.4. The first kappa shape index (κ1) is 23.7. The number of hydrogen-bond acceptors (Lipinski definition) is 5. The van der Waals surface area contributed by atoms with Gasteiger partial charge in [0.2, 0.25) is 0 Å². The number of carbonyl (C=O) groups excluding carboxylic acids is 2. The van der Waals surface area contributed by atoms with E-state index < -0.39 is 34.7 Å². The van der Waals surface area contributed by atoms with Gasteiger partial charge >= 0.3 is 0 Å². The highest BCUT2D eigenvalue weighted by atomic mass is 19.1. The predicted octanol–water partition coefficient (Wildman–Crippen LogP) is 3.33. The highest BCUT2D eigenvalue weighted by Gasteiger charge is 2.44. The minimum Gasteiger partial charge on any atom is -0.508 e. The van der Waals surface area contributed by atoms with Gasteiger partial charge in [0.1, 0.15) is 29.8 Å². The normalized spacial score (nSPS) is 21.3. The molecular formula is C27H28FNO5. The fourth-order valence-electron chi connectivity index (χ4n) is 4.69. The van der Waals surface area contributed by atoms with Crippen LogP contribution in [0.2, 0.25) is 0 Å². The highest BCUT2D eigenvalue weighted by molar-refractivity contribution is 5.97. The number of nitrogens with one attached hydrogen (secondary N) is 1. The number of Topliss-reactive ketones (excluding diaryl/α,β-unsaturated/α-hetero) is 1. The maximum Gasteiger partial charge on any atom is 0.253 e. The van der Waals surface area contributed by atoms with E-state index >= 15 is 0 Å². The van der Waals surface area contributed by atoms with Crippen molar-refractivity contribution in [3.8, 4) is 5.75 Å². The summed E-state index contributed by atoms with van der Waals surface area (Å²) in [5, 5.41) is 24.7. The van der Waals surface area contributed by atoms with Gasteiger partial charge < -0.3 is 20.3 Å². The molecule has 3 atom stereocenters. The first-order chi connectivity index (χ1) is 16.1. The van der Waals surface area contributed by atoms with Crippen LogP contribution in [0.25, 0.3) is 0 Å². The fraction of sp³-hybridized carbons (Fsp3) is 0.333. The van der Waals surface area contributed by atoms with E-state index in [2.05, 4.69) is 5.32 Å². The number of allylic oxidation sites excluding steroid dienone is 1. The van der Waals surface area contributed by atoms with E-state index in [0.717, 1.165) is 23.3 Å². The summed E-state index contributed by atoms with van der Waals surface area (Å²) in [6.07, 6.45) is 4.46. The topological polar surface area (TPSA) is 95.9 Å². The summed E-state index contributed by atoms with van der Waals surface area (Å²) in [6.45, 7) is 4.00. The molecule has 4 rings (SSSR count). The van der Waals surface area contributed by atoms with E-state index in [0.29, 0.717) is 0 Å². The summed E-state index contributed by atoms with van der Waals surface area (Å²) in [7, 11) is 0. The Balaban J connectivity index is 1.64. The van der Waals surface area contributed by atoms with Gasteiger partial charge in [-0.25, -0.2) is 4.39 Å². The molecule has 0 spiro atoms. The zero-order valence-electron chi connectivity index (χ0n) is 19.1. The predicted molar refractivity (Wildman–Crippen MR) is 124 cm³/mol. The molecule has 2 aliphatic rings. The van der Waals surface area contributed by atoms with Crippen molar-refractivity contribution in [2.24, 2.45) is 5.92 Å². The van der Waals surface area contributed by atoms with Gasteiger partial charge in [0, 0.05) is 17.6 Å². The van der Waals surface area contributed by atoms with Crippen molar-refractivity contribution in [3.05, 3.63) is 89.5 Å². The van der Waals surface area contributed by atoms with E-state index in [9.17, 15) is 24.2 Å². The smallest absolute Gasteiger partial charge is 0.253 e. The number of phenolic OH excluding ortho intramolecular Hbond substituents is 1. The van der Waals surface area contributed by atoms with Crippen LogP contribution in [0.4, 0.5) is 4.39 Å². The Labute approximate surface area is 197 Å². The Morgan fingerprint density at radius 2 is 1.94 bits per heavy atom. The third-order valence-corrected chi connectivity index (χ3v) is 6.54. The number of rotatable bonds is 7. The van der Waals surface area contributed by atoms with E-state index in [-0.39, 0.29) is 36.5 Å². The van der Waals surface area contributed by atoms with E-state index in [1.54, 1.807) is 12.2 Å². The molecule has 2 aromatic carbocycles. The van der Waals surface area contributed by atoms with Crippen LogP contribution in [0.1, 0.15) is 31.4 Å². The number of carbonyl (C=O) groups is 2. The number of aliphatic hydroxyl groups is 1. The van der Waals surface area contributed by atoms with Crippen molar-refractivity contribution in [1.82, 2.24) is 5.32 Å². The Morgan fingerprint density at radius 3 is 2.68 bits per heavy atom. The summed E-state index contributed by atoms with van der Waals surface area (Å²) >= 11 is 0. The van der Waals surface area contributed by atoms with Crippen LogP contribution >= 0.6 is 0 Å². The molecule has 34 heavy (non-hydrogen) atoms. The molecule has 1 heterocycles. The minimum absolute atomic E-state index is 0.0336. The molecular weight excluding hydrogens is 437 g/mol. The van der Waals surface area contributed by atoms with Crippen molar-refractivity contribution in [2.45, 2.75) is 43.7 Å². The van der Waals surface area contributed by atoms with Gasteiger partial charge in [-0.2, -0.15) is 0 Å². The van der Waals surface area contributed by atoms with Gasteiger partial charge in [0.05, 0.1) is 12.2 Å². The fourth-order valence-corrected chi connectivity index (χ4v) is 4.69. The number of hydrogen-bond donors (Lipinski definition) is 3. The molecule has 1 amide bonds. The number of aromatic hydroxyl groups is 1. The van der Waals surface area contributed by atoms with Gasteiger partial charge in [0.25, 0.3) is 5.91 Å². The van der Waals surface area contributed by atoms with Gasteiger partial charge in [0.15, 0.2) is 5.78 Å². The lowest BCUT2D eigenvalue weighted by Gasteiger charge is -2.37. The summed E-state index contributed by atoms with van der Waals surface area (Å²) in [6, 6.07) is 11.9.